The summed E-state index contributed by atoms with van der Waals surface area (Å²) in [4.78, 5) is 10.8. The lowest BCUT2D eigenvalue weighted by molar-refractivity contribution is -0.130. The van der Waals surface area contributed by atoms with Gasteiger partial charge in [-0.25, -0.2) is 0 Å². The predicted molar refractivity (Wildman–Crippen MR) is 46.6 cm³/mol. The van der Waals surface area contributed by atoms with Gasteiger partial charge in [-0.1, -0.05) is 30.3 Å². The number of hydrogen-bond donors (Lipinski definition) is 3. The van der Waals surface area contributed by atoms with Crippen LogP contribution in [0.2, 0.25) is 0 Å². The van der Waals surface area contributed by atoms with Crippen molar-refractivity contribution in [2.24, 2.45) is 5.73 Å². The summed E-state index contributed by atoms with van der Waals surface area (Å²) in [5.74, 6) is -1.80. The van der Waals surface area contributed by atoms with Gasteiger partial charge in [-0.3, -0.25) is 4.79 Å². The number of aliphatic hydroxyl groups excluding tert-OH is 1. The van der Waals surface area contributed by atoms with E-state index in [2.05, 4.69) is 0 Å². The molecule has 0 aliphatic carbocycles. The first-order valence-corrected chi connectivity index (χ1v) is 3.83. The molecule has 0 aromatic heterocycles. The number of benzene rings is 1. The van der Waals surface area contributed by atoms with Gasteiger partial charge in [0.25, 0.3) is 0 Å². The predicted octanol–water partition coefficient (Wildman–Crippen LogP) is -0.434. The van der Waals surface area contributed by atoms with Crippen LogP contribution in [0.15, 0.2) is 30.3 Å². The molecular formula is C9H11NO3. The zero-order chi connectivity index (χ0) is 9.84. The third kappa shape index (κ3) is 2.27. The van der Waals surface area contributed by atoms with Crippen molar-refractivity contribution in [1.82, 2.24) is 0 Å². The summed E-state index contributed by atoms with van der Waals surface area (Å²) in [5, 5.41) is 17.8. The number of nitrogens with two attached hydrogens (primary N) is 1. The van der Waals surface area contributed by atoms with Crippen LogP contribution < -0.4 is 5.73 Å². The Bertz CT molecular complexity index is 284. The Morgan fingerprint density at radius 2 is 1.77 bits per heavy atom. The van der Waals surface area contributed by atoms with Gasteiger partial charge in [0.05, 0.1) is 0 Å². The van der Waals surface area contributed by atoms with Gasteiger partial charge in [-0.2, -0.15) is 0 Å². The minimum atomic E-state index is -1.75. The van der Waals surface area contributed by atoms with Crippen molar-refractivity contribution < 1.29 is 15.0 Å². The highest BCUT2D eigenvalue weighted by atomic mass is 16.5. The zero-order valence-corrected chi connectivity index (χ0v) is 6.92. The van der Waals surface area contributed by atoms with E-state index in [9.17, 15) is 4.79 Å². The van der Waals surface area contributed by atoms with Crippen LogP contribution >= 0.6 is 0 Å². The molecule has 1 aromatic carbocycles. The summed E-state index contributed by atoms with van der Waals surface area (Å²) in [6.07, 6.45) is -1.75. The first kappa shape index (κ1) is 9.70. The molecule has 4 N–H and O–H groups in total. The van der Waals surface area contributed by atoms with E-state index in [1.807, 2.05) is 0 Å². The van der Waals surface area contributed by atoms with E-state index in [-0.39, 0.29) is 0 Å². The molecule has 0 saturated carbocycles. The molecule has 1 atom stereocenters. The highest BCUT2D eigenvalue weighted by Crippen LogP contribution is 2.17. The van der Waals surface area contributed by atoms with Crippen LogP contribution in [-0.2, 0) is 4.79 Å². The number of carbonyl (C=O) groups is 1. The number of rotatable bonds is 3. The van der Waals surface area contributed by atoms with Crippen molar-refractivity contribution >= 4 is 5.91 Å². The quantitative estimate of drug-likeness (QED) is 0.553. The fourth-order valence-corrected chi connectivity index (χ4v) is 1.14. The minimum absolute atomic E-state index is 0.505. The molecule has 4 heteroatoms. The second kappa shape index (κ2) is 4.02. The molecule has 0 fully saturated rings. The highest BCUT2D eigenvalue weighted by Gasteiger charge is 2.24. The van der Waals surface area contributed by atoms with Crippen molar-refractivity contribution in [2.75, 3.05) is 0 Å². The Kier molecular flexibility index (Phi) is 3.00. The van der Waals surface area contributed by atoms with Crippen LogP contribution in [0, 0.1) is 0 Å². The van der Waals surface area contributed by atoms with Gasteiger partial charge in [0.1, 0.15) is 5.92 Å². The van der Waals surface area contributed by atoms with Crippen LogP contribution in [0.4, 0.5) is 0 Å². The van der Waals surface area contributed by atoms with Gasteiger partial charge in [0, 0.05) is 0 Å². The number of carbonyl (C=O) groups excluding carboxylic acids is 1. The van der Waals surface area contributed by atoms with Crippen LogP contribution in [0.25, 0.3) is 0 Å². The van der Waals surface area contributed by atoms with Crippen molar-refractivity contribution in [3.63, 3.8) is 0 Å². The van der Waals surface area contributed by atoms with Crippen LogP contribution in [0.5, 0.6) is 0 Å². The molecule has 1 aromatic rings. The summed E-state index contributed by atoms with van der Waals surface area (Å²) in [6.45, 7) is 0. The smallest absolute Gasteiger partial charge is 0.230 e. The van der Waals surface area contributed by atoms with E-state index >= 15 is 0 Å². The fraction of sp³-hybridized carbons (Fsp3) is 0.222. The van der Waals surface area contributed by atoms with Gasteiger partial charge < -0.3 is 15.9 Å². The first-order chi connectivity index (χ1) is 6.13. The van der Waals surface area contributed by atoms with E-state index in [0.29, 0.717) is 5.56 Å². The largest absolute Gasteiger partial charge is 0.369 e. The Morgan fingerprint density at radius 1 is 1.23 bits per heavy atom. The Balaban J connectivity index is 2.96. The van der Waals surface area contributed by atoms with Gasteiger partial charge in [-0.05, 0) is 5.56 Å². The second-order valence-corrected chi connectivity index (χ2v) is 2.70. The van der Waals surface area contributed by atoms with E-state index in [4.69, 9.17) is 15.9 Å². The van der Waals surface area contributed by atoms with Crippen molar-refractivity contribution in [1.29, 1.82) is 0 Å². The third-order valence-electron chi connectivity index (χ3n) is 1.76. The lowest BCUT2D eigenvalue weighted by Crippen LogP contribution is -2.31. The molecule has 0 aliphatic heterocycles. The number of aliphatic hydroxyl groups is 2. The maximum atomic E-state index is 10.8. The van der Waals surface area contributed by atoms with Gasteiger partial charge in [-0.15, -0.1) is 0 Å². The SMILES string of the molecule is NC(=O)C(c1ccccc1)C(O)O. The summed E-state index contributed by atoms with van der Waals surface area (Å²) >= 11 is 0. The number of primary amides is 1. The molecule has 0 saturated heterocycles. The summed E-state index contributed by atoms with van der Waals surface area (Å²) in [5.41, 5.74) is 5.52. The minimum Gasteiger partial charge on any atom is -0.369 e. The summed E-state index contributed by atoms with van der Waals surface area (Å²) in [6, 6.07) is 8.41. The van der Waals surface area contributed by atoms with Gasteiger partial charge in [0.2, 0.25) is 5.91 Å². The summed E-state index contributed by atoms with van der Waals surface area (Å²) < 4.78 is 0. The molecule has 0 spiro atoms. The lowest BCUT2D eigenvalue weighted by Gasteiger charge is -2.14. The molecular weight excluding hydrogens is 170 g/mol. The molecule has 1 rings (SSSR count). The summed E-state index contributed by atoms with van der Waals surface area (Å²) in [7, 11) is 0. The van der Waals surface area contributed by atoms with Crippen LogP contribution in [0.1, 0.15) is 11.5 Å². The average Bonchev–Trinajstić information content (AvgIpc) is 2.04. The van der Waals surface area contributed by atoms with E-state index in [0.717, 1.165) is 0 Å². The average molecular weight is 181 g/mol. The molecule has 0 bridgehead atoms. The normalized spacial score (nSPS) is 12.8. The first-order valence-electron chi connectivity index (χ1n) is 3.83. The topological polar surface area (TPSA) is 83.6 Å². The lowest BCUT2D eigenvalue weighted by atomic mass is 9.98. The van der Waals surface area contributed by atoms with Gasteiger partial charge in [0.15, 0.2) is 6.29 Å². The molecule has 0 heterocycles. The molecule has 1 unspecified atom stereocenters. The molecule has 4 nitrogen and oxygen atoms in total. The maximum Gasteiger partial charge on any atom is 0.230 e. The third-order valence-corrected chi connectivity index (χ3v) is 1.76. The highest BCUT2D eigenvalue weighted by molar-refractivity contribution is 5.82. The standard InChI is InChI=1S/C9H11NO3/c10-8(11)7(9(12)13)6-4-2-1-3-5-6/h1-5,7,9,12-13H,(H2,10,11). The number of hydrogen-bond acceptors (Lipinski definition) is 3. The Labute approximate surface area is 75.6 Å². The van der Waals surface area contributed by atoms with Crippen molar-refractivity contribution in [2.45, 2.75) is 12.2 Å². The maximum absolute atomic E-state index is 10.8. The molecule has 0 radical (unpaired) electrons. The Morgan fingerprint density at radius 3 is 2.15 bits per heavy atom. The van der Waals surface area contributed by atoms with Crippen molar-refractivity contribution in [3.05, 3.63) is 35.9 Å². The van der Waals surface area contributed by atoms with Crippen molar-refractivity contribution in [3.8, 4) is 0 Å². The van der Waals surface area contributed by atoms with E-state index in [1.54, 1.807) is 30.3 Å². The molecule has 70 valence electrons. The fourth-order valence-electron chi connectivity index (χ4n) is 1.14. The van der Waals surface area contributed by atoms with E-state index in [1.165, 1.54) is 0 Å². The number of amides is 1. The monoisotopic (exact) mass is 181 g/mol. The Hall–Kier alpha value is -1.39. The molecule has 13 heavy (non-hydrogen) atoms. The van der Waals surface area contributed by atoms with E-state index < -0.39 is 18.1 Å². The zero-order valence-electron chi connectivity index (χ0n) is 6.92. The second-order valence-electron chi connectivity index (χ2n) is 2.70. The molecule has 0 aliphatic rings. The van der Waals surface area contributed by atoms with Gasteiger partial charge >= 0.3 is 0 Å². The van der Waals surface area contributed by atoms with Crippen LogP contribution in [-0.4, -0.2) is 22.4 Å². The molecule has 1 amide bonds. The van der Waals surface area contributed by atoms with Crippen LogP contribution in [0.3, 0.4) is 0 Å².